The van der Waals surface area contributed by atoms with Crippen LogP contribution in [0.15, 0.2) is 30.5 Å². The minimum Gasteiger partial charge on any atom is -0.376 e. The van der Waals surface area contributed by atoms with Crippen molar-refractivity contribution in [3.05, 3.63) is 36.3 Å². The fraction of sp³-hybridized carbons (Fsp3) is 0.391. The fourth-order valence-electron chi connectivity index (χ4n) is 4.69. The van der Waals surface area contributed by atoms with Gasteiger partial charge >= 0.3 is 0 Å². The number of fused-ring (bicyclic) bond motifs is 2. The molecule has 3 heterocycles. The van der Waals surface area contributed by atoms with E-state index in [1.54, 1.807) is 10.7 Å². The quantitative estimate of drug-likeness (QED) is 0.454. The van der Waals surface area contributed by atoms with Crippen molar-refractivity contribution in [1.82, 2.24) is 25.3 Å². The Labute approximate surface area is 186 Å². The van der Waals surface area contributed by atoms with Gasteiger partial charge in [0.1, 0.15) is 11.3 Å². The molecule has 3 N–H and O–H groups in total. The van der Waals surface area contributed by atoms with Crippen molar-refractivity contribution < 1.29 is 4.39 Å². The number of aromatic amines is 1. The summed E-state index contributed by atoms with van der Waals surface area (Å²) in [4.78, 5) is 4.24. The molecule has 32 heavy (non-hydrogen) atoms. The number of nitrogens with zero attached hydrogens (tertiary/aromatic N) is 5. The molecule has 0 spiro atoms. The number of piperazine rings is 1. The van der Waals surface area contributed by atoms with Gasteiger partial charge in [-0.1, -0.05) is 0 Å². The highest BCUT2D eigenvalue weighted by Gasteiger charge is 2.23. The monoisotopic (exact) mass is 436 g/mol. The molecule has 168 valence electrons. The first-order valence-corrected chi connectivity index (χ1v) is 10.9. The van der Waals surface area contributed by atoms with E-state index >= 15 is 4.39 Å². The SMILES string of the molecule is C[C@@H]1CN(c2cc(F)c3c(Nc4cc(N(C)C)c5nn(C)cc5c4)n[nH]c3c2)C[C@@H](C)N1. The van der Waals surface area contributed by atoms with Crippen LogP contribution in [0, 0.1) is 5.82 Å². The van der Waals surface area contributed by atoms with Crippen LogP contribution < -0.4 is 20.4 Å². The lowest BCUT2D eigenvalue weighted by atomic mass is 10.1. The molecule has 4 aromatic rings. The summed E-state index contributed by atoms with van der Waals surface area (Å²) in [6.45, 7) is 5.98. The molecule has 5 rings (SSSR count). The molecule has 2 aromatic carbocycles. The highest BCUT2D eigenvalue weighted by atomic mass is 19.1. The molecule has 8 nitrogen and oxygen atoms in total. The van der Waals surface area contributed by atoms with Gasteiger partial charge in [-0.3, -0.25) is 9.78 Å². The second kappa shape index (κ2) is 7.67. The fourth-order valence-corrected chi connectivity index (χ4v) is 4.69. The number of hydrogen-bond donors (Lipinski definition) is 3. The molecular formula is C23H29FN8. The molecule has 0 radical (unpaired) electrons. The van der Waals surface area contributed by atoms with Crippen LogP contribution in [0.3, 0.4) is 0 Å². The van der Waals surface area contributed by atoms with E-state index in [2.05, 4.69) is 44.7 Å². The second-order valence-electron chi connectivity index (χ2n) is 9.05. The zero-order valence-electron chi connectivity index (χ0n) is 19.1. The molecule has 2 atom stereocenters. The zero-order valence-corrected chi connectivity index (χ0v) is 19.1. The van der Waals surface area contributed by atoms with Crippen molar-refractivity contribution in [3.8, 4) is 0 Å². The van der Waals surface area contributed by atoms with Gasteiger partial charge < -0.3 is 20.4 Å². The molecule has 0 aliphatic carbocycles. The number of halogens is 1. The molecule has 0 saturated carbocycles. The number of aryl methyl sites for hydroxylation is 1. The Morgan fingerprint density at radius 2 is 1.88 bits per heavy atom. The van der Waals surface area contributed by atoms with E-state index in [-0.39, 0.29) is 5.82 Å². The van der Waals surface area contributed by atoms with Crippen LogP contribution in [0.5, 0.6) is 0 Å². The minimum absolute atomic E-state index is 0.289. The number of aromatic nitrogens is 4. The summed E-state index contributed by atoms with van der Waals surface area (Å²) in [6, 6.07) is 8.31. The third-order valence-electron chi connectivity index (χ3n) is 5.97. The van der Waals surface area contributed by atoms with Crippen LogP contribution in [0.25, 0.3) is 21.8 Å². The number of benzene rings is 2. The molecule has 0 bridgehead atoms. The number of nitrogens with one attached hydrogen (secondary N) is 3. The molecule has 9 heteroatoms. The summed E-state index contributed by atoms with van der Waals surface area (Å²) in [5, 5.41) is 20.2. The maximum atomic E-state index is 15.3. The third kappa shape index (κ3) is 3.62. The van der Waals surface area contributed by atoms with E-state index < -0.39 is 0 Å². The number of hydrogen-bond acceptors (Lipinski definition) is 6. The average molecular weight is 437 g/mol. The Morgan fingerprint density at radius 1 is 1.12 bits per heavy atom. The maximum Gasteiger partial charge on any atom is 0.163 e. The molecule has 1 fully saturated rings. The second-order valence-corrected chi connectivity index (χ2v) is 9.05. The van der Waals surface area contributed by atoms with Crippen molar-refractivity contribution in [1.29, 1.82) is 0 Å². The van der Waals surface area contributed by atoms with Crippen LogP contribution in [0.1, 0.15) is 13.8 Å². The lowest BCUT2D eigenvalue weighted by Gasteiger charge is -2.37. The van der Waals surface area contributed by atoms with Crippen molar-refractivity contribution in [2.24, 2.45) is 7.05 Å². The summed E-state index contributed by atoms with van der Waals surface area (Å²) in [5.41, 5.74) is 4.28. The maximum absolute atomic E-state index is 15.3. The van der Waals surface area contributed by atoms with Crippen molar-refractivity contribution in [2.75, 3.05) is 42.3 Å². The Hall–Kier alpha value is -3.33. The number of rotatable bonds is 4. The zero-order chi connectivity index (χ0) is 22.6. The van der Waals surface area contributed by atoms with Crippen LogP contribution >= 0.6 is 0 Å². The highest BCUT2D eigenvalue weighted by molar-refractivity contribution is 5.97. The van der Waals surface area contributed by atoms with Gasteiger partial charge in [-0.25, -0.2) is 4.39 Å². The molecular weight excluding hydrogens is 407 g/mol. The highest BCUT2D eigenvalue weighted by Crippen LogP contribution is 2.34. The van der Waals surface area contributed by atoms with Gasteiger partial charge in [-0.15, -0.1) is 0 Å². The molecule has 0 amide bonds. The summed E-state index contributed by atoms with van der Waals surface area (Å²) in [5.74, 6) is 0.182. The van der Waals surface area contributed by atoms with E-state index in [0.717, 1.165) is 41.1 Å². The summed E-state index contributed by atoms with van der Waals surface area (Å²) < 4.78 is 17.1. The van der Waals surface area contributed by atoms with E-state index in [4.69, 9.17) is 0 Å². The lowest BCUT2D eigenvalue weighted by Crippen LogP contribution is -2.54. The van der Waals surface area contributed by atoms with Gasteiger partial charge in [-0.05, 0) is 38.1 Å². The molecule has 1 saturated heterocycles. The largest absolute Gasteiger partial charge is 0.376 e. The van der Waals surface area contributed by atoms with E-state index in [0.29, 0.717) is 28.8 Å². The summed E-state index contributed by atoms with van der Waals surface area (Å²) in [6.07, 6.45) is 1.97. The average Bonchev–Trinajstić information content (AvgIpc) is 3.29. The van der Waals surface area contributed by atoms with Crippen molar-refractivity contribution >= 4 is 44.7 Å². The first kappa shape index (κ1) is 20.6. The van der Waals surface area contributed by atoms with Crippen LogP contribution in [0.2, 0.25) is 0 Å². The van der Waals surface area contributed by atoms with E-state index in [1.807, 2.05) is 50.4 Å². The van der Waals surface area contributed by atoms with E-state index in [1.165, 1.54) is 0 Å². The standard InChI is InChI=1S/C23H29FN8/c1-13-10-32(11-14(2)25-13)17-8-18(24)21-19(9-17)27-28-23(21)26-16-6-15-12-31(5)29-22(15)20(7-16)30(3)4/h6-9,12-14,25H,10-11H2,1-5H3,(H2,26,27,28)/t13-,14-/m1/s1. The summed E-state index contributed by atoms with van der Waals surface area (Å²) in [7, 11) is 5.87. The first-order valence-electron chi connectivity index (χ1n) is 10.9. The molecule has 2 aromatic heterocycles. The normalized spacial score (nSPS) is 19.1. The van der Waals surface area contributed by atoms with Crippen LogP contribution in [-0.4, -0.2) is 59.2 Å². The Bertz CT molecular complexity index is 1280. The molecule has 0 unspecified atom stereocenters. The Balaban J connectivity index is 1.51. The van der Waals surface area contributed by atoms with Gasteiger partial charge in [0.15, 0.2) is 5.82 Å². The Kier molecular flexibility index (Phi) is 4.93. The minimum atomic E-state index is -0.289. The van der Waals surface area contributed by atoms with Crippen molar-refractivity contribution in [3.63, 3.8) is 0 Å². The van der Waals surface area contributed by atoms with Gasteiger partial charge in [0.25, 0.3) is 0 Å². The molecule has 1 aliphatic heterocycles. The van der Waals surface area contributed by atoms with E-state index in [9.17, 15) is 0 Å². The molecule has 1 aliphatic rings. The third-order valence-corrected chi connectivity index (χ3v) is 5.97. The van der Waals surface area contributed by atoms with Gasteiger partial charge in [0.05, 0.1) is 16.6 Å². The van der Waals surface area contributed by atoms with Gasteiger partial charge in [0, 0.05) is 69.3 Å². The Morgan fingerprint density at radius 3 is 2.59 bits per heavy atom. The van der Waals surface area contributed by atoms with Crippen LogP contribution in [0.4, 0.5) is 27.3 Å². The first-order chi connectivity index (χ1) is 15.3. The van der Waals surface area contributed by atoms with Gasteiger partial charge in [-0.2, -0.15) is 10.2 Å². The predicted molar refractivity (Wildman–Crippen MR) is 129 cm³/mol. The predicted octanol–water partition coefficient (Wildman–Crippen LogP) is 3.58. The number of H-pyrrole nitrogens is 1. The smallest absolute Gasteiger partial charge is 0.163 e. The van der Waals surface area contributed by atoms with Crippen molar-refractivity contribution in [2.45, 2.75) is 25.9 Å². The lowest BCUT2D eigenvalue weighted by molar-refractivity contribution is 0.407. The summed E-state index contributed by atoms with van der Waals surface area (Å²) >= 11 is 0. The van der Waals surface area contributed by atoms with Crippen LogP contribution in [-0.2, 0) is 7.05 Å². The topological polar surface area (TPSA) is 77.0 Å². The number of anilines is 4. The van der Waals surface area contributed by atoms with Gasteiger partial charge in [0.2, 0.25) is 0 Å².